The summed E-state index contributed by atoms with van der Waals surface area (Å²) in [5, 5.41) is 9.06. The third-order valence-corrected chi connectivity index (χ3v) is 2.76. The highest BCUT2D eigenvalue weighted by atomic mass is 16.4. The summed E-state index contributed by atoms with van der Waals surface area (Å²) in [5.74, 6) is -1.13. The molecule has 0 bridgehead atoms. The van der Waals surface area contributed by atoms with Gasteiger partial charge in [-0.15, -0.1) is 0 Å². The molecule has 0 aliphatic heterocycles. The molecule has 88 valence electrons. The predicted molar refractivity (Wildman–Crippen MR) is 62.2 cm³/mol. The molecule has 16 heavy (non-hydrogen) atoms. The first-order valence-electron chi connectivity index (χ1n) is 5.39. The van der Waals surface area contributed by atoms with E-state index in [1.54, 1.807) is 0 Å². The number of aryl methyl sites for hydroxylation is 1. The van der Waals surface area contributed by atoms with Gasteiger partial charge in [0, 0.05) is 5.69 Å². The van der Waals surface area contributed by atoms with Crippen LogP contribution in [-0.2, 0) is 6.42 Å². The summed E-state index contributed by atoms with van der Waals surface area (Å²) in [6, 6.07) is 0. The molecule has 0 fully saturated rings. The fourth-order valence-electron chi connectivity index (χ4n) is 2.05. The number of carboxylic acid groups (broad SMARTS) is 1. The van der Waals surface area contributed by atoms with Gasteiger partial charge in [-0.3, -0.25) is 4.79 Å². The number of nitrogens with one attached hydrogen (secondary N) is 1. The number of aromatic nitrogens is 1. The molecule has 0 saturated heterocycles. The average Bonchev–Trinajstić information content (AvgIpc) is 2.19. The van der Waals surface area contributed by atoms with Gasteiger partial charge in [0.2, 0.25) is 0 Å². The number of carbonyl (C=O) groups is 1. The van der Waals surface area contributed by atoms with Crippen molar-refractivity contribution >= 4 is 5.97 Å². The van der Waals surface area contributed by atoms with E-state index in [0.29, 0.717) is 12.0 Å². The minimum absolute atomic E-state index is 0.0266. The lowest BCUT2D eigenvalue weighted by atomic mass is 9.92. The van der Waals surface area contributed by atoms with E-state index in [-0.39, 0.29) is 11.5 Å². The normalized spacial score (nSPS) is 10.8. The highest BCUT2D eigenvalue weighted by molar-refractivity contribution is 5.89. The highest BCUT2D eigenvalue weighted by Gasteiger charge is 2.21. The van der Waals surface area contributed by atoms with Crippen LogP contribution < -0.4 is 5.56 Å². The maximum atomic E-state index is 11.7. The van der Waals surface area contributed by atoms with Crippen LogP contribution in [0.15, 0.2) is 4.79 Å². The van der Waals surface area contributed by atoms with E-state index in [2.05, 4.69) is 4.98 Å². The monoisotopic (exact) mass is 223 g/mol. The van der Waals surface area contributed by atoms with Crippen molar-refractivity contribution in [2.75, 3.05) is 0 Å². The van der Waals surface area contributed by atoms with Gasteiger partial charge in [0.05, 0.1) is 0 Å². The molecule has 1 rings (SSSR count). The van der Waals surface area contributed by atoms with Crippen molar-refractivity contribution in [2.45, 2.75) is 40.0 Å². The summed E-state index contributed by atoms with van der Waals surface area (Å²) in [6.07, 6.45) is 0.695. The topological polar surface area (TPSA) is 70.2 Å². The van der Waals surface area contributed by atoms with E-state index in [1.165, 1.54) is 0 Å². The number of hydrogen-bond donors (Lipinski definition) is 2. The van der Waals surface area contributed by atoms with Crippen LogP contribution in [0.1, 0.15) is 53.9 Å². The quantitative estimate of drug-likeness (QED) is 0.824. The Hall–Kier alpha value is -1.58. The fraction of sp³-hybridized carbons (Fsp3) is 0.500. The lowest BCUT2D eigenvalue weighted by molar-refractivity contribution is 0.0693. The van der Waals surface area contributed by atoms with Crippen molar-refractivity contribution in [3.05, 3.63) is 32.7 Å². The van der Waals surface area contributed by atoms with Gasteiger partial charge in [-0.1, -0.05) is 20.8 Å². The predicted octanol–water partition coefficient (Wildman–Crippen LogP) is 2.07. The van der Waals surface area contributed by atoms with Gasteiger partial charge >= 0.3 is 5.97 Å². The van der Waals surface area contributed by atoms with Crippen molar-refractivity contribution in [2.24, 2.45) is 0 Å². The average molecular weight is 223 g/mol. The zero-order valence-corrected chi connectivity index (χ0v) is 10.0. The molecule has 0 aliphatic carbocycles. The van der Waals surface area contributed by atoms with Crippen LogP contribution in [0.25, 0.3) is 0 Å². The lowest BCUT2D eigenvalue weighted by Gasteiger charge is -2.15. The second-order valence-electron chi connectivity index (χ2n) is 4.16. The second kappa shape index (κ2) is 4.51. The van der Waals surface area contributed by atoms with E-state index in [0.717, 1.165) is 11.3 Å². The summed E-state index contributed by atoms with van der Waals surface area (Å²) >= 11 is 0. The van der Waals surface area contributed by atoms with Gasteiger partial charge in [0.15, 0.2) is 0 Å². The standard InChI is InChI=1S/C12H17NO3/c1-5-8-7(4)9(6(2)3)10(12(15)16)11(14)13-8/h6H,5H2,1-4H3,(H,13,14)(H,15,16). The molecule has 1 aromatic rings. The van der Waals surface area contributed by atoms with Crippen LogP contribution in [0.4, 0.5) is 0 Å². The van der Waals surface area contributed by atoms with Crippen molar-refractivity contribution in [1.82, 2.24) is 4.98 Å². The first-order valence-corrected chi connectivity index (χ1v) is 5.39. The third-order valence-electron chi connectivity index (χ3n) is 2.76. The number of aromatic amines is 1. The Morgan fingerprint density at radius 3 is 2.38 bits per heavy atom. The number of H-pyrrole nitrogens is 1. The van der Waals surface area contributed by atoms with E-state index >= 15 is 0 Å². The molecule has 0 spiro atoms. The number of aromatic carboxylic acids is 1. The Morgan fingerprint density at radius 1 is 1.44 bits per heavy atom. The van der Waals surface area contributed by atoms with Crippen LogP contribution in [0.3, 0.4) is 0 Å². The number of rotatable bonds is 3. The Morgan fingerprint density at radius 2 is 2.00 bits per heavy atom. The first-order chi connectivity index (χ1) is 7.40. The van der Waals surface area contributed by atoms with Crippen LogP contribution in [-0.4, -0.2) is 16.1 Å². The van der Waals surface area contributed by atoms with E-state index in [9.17, 15) is 9.59 Å². The zero-order chi connectivity index (χ0) is 12.5. The van der Waals surface area contributed by atoms with Gasteiger partial charge in [-0.2, -0.15) is 0 Å². The lowest BCUT2D eigenvalue weighted by Crippen LogP contribution is -2.24. The number of hydrogen-bond acceptors (Lipinski definition) is 2. The number of carboxylic acids is 1. The third kappa shape index (κ3) is 2.01. The molecule has 0 aliphatic rings. The Kier molecular flexibility index (Phi) is 3.52. The van der Waals surface area contributed by atoms with Crippen LogP contribution in [0.5, 0.6) is 0 Å². The maximum absolute atomic E-state index is 11.7. The SMILES string of the molecule is CCc1[nH]c(=O)c(C(=O)O)c(C(C)C)c1C. The molecule has 2 N–H and O–H groups in total. The van der Waals surface area contributed by atoms with Crippen LogP contribution in [0.2, 0.25) is 0 Å². The molecule has 0 radical (unpaired) electrons. The summed E-state index contributed by atoms with van der Waals surface area (Å²) in [5.41, 5.74) is 1.73. The van der Waals surface area contributed by atoms with Crippen molar-refractivity contribution in [1.29, 1.82) is 0 Å². The van der Waals surface area contributed by atoms with Gasteiger partial charge in [0.25, 0.3) is 5.56 Å². The fourth-order valence-corrected chi connectivity index (χ4v) is 2.05. The smallest absolute Gasteiger partial charge is 0.341 e. The summed E-state index contributed by atoms with van der Waals surface area (Å²) in [4.78, 5) is 25.4. The van der Waals surface area contributed by atoms with Crippen molar-refractivity contribution < 1.29 is 9.90 Å². The first kappa shape index (κ1) is 12.5. The van der Waals surface area contributed by atoms with E-state index < -0.39 is 11.5 Å². The van der Waals surface area contributed by atoms with Crippen LogP contribution >= 0.6 is 0 Å². The summed E-state index contributed by atoms with van der Waals surface area (Å²) < 4.78 is 0. The highest BCUT2D eigenvalue weighted by Crippen LogP contribution is 2.23. The second-order valence-corrected chi connectivity index (χ2v) is 4.16. The Balaban J connectivity index is 3.69. The van der Waals surface area contributed by atoms with Gasteiger partial charge in [0.1, 0.15) is 5.56 Å². The van der Waals surface area contributed by atoms with Gasteiger partial charge < -0.3 is 10.1 Å². The Bertz CT molecular complexity index is 472. The van der Waals surface area contributed by atoms with Gasteiger partial charge in [-0.25, -0.2) is 4.79 Å². The molecule has 1 heterocycles. The molecule has 0 saturated carbocycles. The van der Waals surface area contributed by atoms with Crippen molar-refractivity contribution in [3.8, 4) is 0 Å². The van der Waals surface area contributed by atoms with Gasteiger partial charge in [-0.05, 0) is 30.4 Å². The molecule has 4 heteroatoms. The minimum Gasteiger partial charge on any atom is -0.477 e. The van der Waals surface area contributed by atoms with Crippen LogP contribution in [0, 0.1) is 6.92 Å². The summed E-state index contributed by atoms with van der Waals surface area (Å²) in [7, 11) is 0. The van der Waals surface area contributed by atoms with E-state index in [1.807, 2.05) is 27.7 Å². The molecule has 0 aromatic carbocycles. The molecule has 0 amide bonds. The molecule has 1 aromatic heterocycles. The zero-order valence-electron chi connectivity index (χ0n) is 10.0. The molecule has 0 unspecified atom stereocenters. The van der Waals surface area contributed by atoms with Crippen molar-refractivity contribution in [3.63, 3.8) is 0 Å². The molecule has 0 atom stereocenters. The maximum Gasteiger partial charge on any atom is 0.341 e. The molecule has 4 nitrogen and oxygen atoms in total. The number of pyridine rings is 1. The molecular formula is C12H17NO3. The Labute approximate surface area is 94.3 Å². The minimum atomic E-state index is -1.16. The largest absolute Gasteiger partial charge is 0.477 e. The molecular weight excluding hydrogens is 206 g/mol. The summed E-state index contributed by atoms with van der Waals surface area (Å²) in [6.45, 7) is 7.58. The van der Waals surface area contributed by atoms with E-state index in [4.69, 9.17) is 5.11 Å².